The Bertz CT molecular complexity index is 582. The molecule has 0 bridgehead atoms. The predicted molar refractivity (Wildman–Crippen MR) is 76.9 cm³/mol. The lowest BCUT2D eigenvalue weighted by Gasteiger charge is -2.27. The number of sulfonamides is 1. The van der Waals surface area contributed by atoms with Gasteiger partial charge in [-0.3, -0.25) is 0 Å². The topological polar surface area (TPSA) is 55.8 Å². The molecule has 1 aliphatic heterocycles. The normalized spacial score (nSPS) is 17.1. The molecule has 0 N–H and O–H groups in total. The van der Waals surface area contributed by atoms with Crippen molar-refractivity contribution >= 4 is 21.6 Å². The van der Waals surface area contributed by atoms with Crippen molar-refractivity contribution in [2.75, 3.05) is 32.9 Å². The van der Waals surface area contributed by atoms with Crippen molar-refractivity contribution in [3.63, 3.8) is 0 Å². The fraction of sp³-hybridized carbons (Fsp3) is 0.538. The molecular formula is C13H18ClNO4S. The van der Waals surface area contributed by atoms with Crippen LogP contribution in [-0.4, -0.2) is 45.6 Å². The molecule has 5 nitrogen and oxygen atoms in total. The largest absolute Gasteiger partial charge is 0.492 e. The lowest BCUT2D eigenvalue weighted by molar-refractivity contribution is 0.0730. The molecule has 0 radical (unpaired) electrons. The maximum absolute atomic E-state index is 12.6. The molecule has 0 aromatic heterocycles. The summed E-state index contributed by atoms with van der Waals surface area (Å²) in [5.74, 6) is 0.507. The Kier molecular flexibility index (Phi) is 4.90. The number of aryl methyl sites for hydroxylation is 1. The van der Waals surface area contributed by atoms with Gasteiger partial charge in [-0.2, -0.15) is 4.31 Å². The molecule has 0 aliphatic carbocycles. The Morgan fingerprint density at radius 2 is 2.00 bits per heavy atom. The van der Waals surface area contributed by atoms with Gasteiger partial charge in [0.2, 0.25) is 10.0 Å². The molecule has 0 saturated carbocycles. The zero-order valence-corrected chi connectivity index (χ0v) is 13.1. The summed E-state index contributed by atoms with van der Waals surface area (Å²) in [5.41, 5.74) is 0.629. The highest BCUT2D eigenvalue weighted by molar-refractivity contribution is 7.89. The molecule has 1 saturated heterocycles. The molecule has 0 spiro atoms. The van der Waals surface area contributed by atoms with Crippen LogP contribution in [0.1, 0.15) is 12.5 Å². The Balaban J connectivity index is 2.38. The van der Waals surface area contributed by atoms with Crippen LogP contribution < -0.4 is 4.74 Å². The smallest absolute Gasteiger partial charge is 0.243 e. The first-order valence-electron chi connectivity index (χ1n) is 6.47. The molecule has 0 atom stereocenters. The van der Waals surface area contributed by atoms with Crippen LogP contribution in [0.25, 0.3) is 0 Å². The van der Waals surface area contributed by atoms with Crippen LogP contribution in [0.5, 0.6) is 5.75 Å². The molecular weight excluding hydrogens is 302 g/mol. The van der Waals surface area contributed by atoms with Crippen molar-refractivity contribution in [1.29, 1.82) is 0 Å². The Hall–Kier alpha value is -0.820. The number of hydrogen-bond donors (Lipinski definition) is 0. The standard InChI is InChI=1S/C13H18ClNO4S/c1-3-19-12-8-10(2)13(9-11(12)14)20(16,17)15-4-6-18-7-5-15/h8-9H,3-7H2,1-2H3. The first-order valence-corrected chi connectivity index (χ1v) is 8.29. The third-order valence-electron chi connectivity index (χ3n) is 3.12. The van der Waals surface area contributed by atoms with Gasteiger partial charge in [0.05, 0.1) is 29.7 Å². The number of ether oxygens (including phenoxy) is 2. The molecule has 0 unspecified atom stereocenters. The van der Waals surface area contributed by atoms with Gasteiger partial charge in [-0.15, -0.1) is 0 Å². The van der Waals surface area contributed by atoms with Gasteiger partial charge < -0.3 is 9.47 Å². The Labute approximate surface area is 124 Å². The Morgan fingerprint density at radius 1 is 1.35 bits per heavy atom. The van der Waals surface area contributed by atoms with Gasteiger partial charge in [0.15, 0.2) is 0 Å². The summed E-state index contributed by atoms with van der Waals surface area (Å²) >= 11 is 6.09. The van der Waals surface area contributed by atoms with Crippen LogP contribution in [0.3, 0.4) is 0 Å². The first-order chi connectivity index (χ1) is 9.46. The SMILES string of the molecule is CCOc1cc(C)c(S(=O)(=O)N2CCOCC2)cc1Cl. The minimum Gasteiger partial charge on any atom is -0.492 e. The lowest BCUT2D eigenvalue weighted by Crippen LogP contribution is -2.40. The average molecular weight is 320 g/mol. The summed E-state index contributed by atoms with van der Waals surface area (Å²) in [7, 11) is -3.53. The molecule has 112 valence electrons. The van der Waals surface area contributed by atoms with Crippen LogP contribution >= 0.6 is 11.6 Å². The third kappa shape index (κ3) is 3.09. The zero-order chi connectivity index (χ0) is 14.8. The van der Waals surface area contributed by atoms with E-state index in [-0.39, 0.29) is 4.90 Å². The van der Waals surface area contributed by atoms with Gasteiger partial charge >= 0.3 is 0 Å². The molecule has 7 heteroatoms. The number of rotatable bonds is 4. The minimum atomic E-state index is -3.53. The zero-order valence-electron chi connectivity index (χ0n) is 11.6. The molecule has 1 heterocycles. The van der Waals surface area contributed by atoms with Crippen LogP contribution in [0, 0.1) is 6.92 Å². The summed E-state index contributed by atoms with van der Waals surface area (Å²) in [6.45, 7) is 5.65. The van der Waals surface area contributed by atoms with Crippen molar-refractivity contribution in [3.8, 4) is 5.75 Å². The lowest BCUT2D eigenvalue weighted by atomic mass is 10.2. The summed E-state index contributed by atoms with van der Waals surface area (Å²) in [6, 6.07) is 3.13. The number of nitrogens with zero attached hydrogens (tertiary/aromatic N) is 1. The van der Waals surface area contributed by atoms with Crippen LogP contribution in [0.2, 0.25) is 5.02 Å². The maximum atomic E-state index is 12.6. The van der Waals surface area contributed by atoms with E-state index in [1.165, 1.54) is 10.4 Å². The van der Waals surface area contributed by atoms with Crippen LogP contribution in [0.4, 0.5) is 0 Å². The van der Waals surface area contributed by atoms with E-state index in [1.54, 1.807) is 13.0 Å². The second kappa shape index (κ2) is 6.30. The Morgan fingerprint density at radius 3 is 2.60 bits per heavy atom. The van der Waals surface area contributed by atoms with Crippen molar-refractivity contribution in [2.24, 2.45) is 0 Å². The van der Waals surface area contributed by atoms with E-state index in [1.807, 2.05) is 6.92 Å². The van der Waals surface area contributed by atoms with Crippen molar-refractivity contribution in [2.45, 2.75) is 18.7 Å². The monoisotopic (exact) mass is 319 g/mol. The first kappa shape index (κ1) is 15.6. The van der Waals surface area contributed by atoms with E-state index in [9.17, 15) is 8.42 Å². The summed E-state index contributed by atoms with van der Waals surface area (Å²) in [6.07, 6.45) is 0. The van der Waals surface area contributed by atoms with E-state index in [4.69, 9.17) is 21.1 Å². The van der Waals surface area contributed by atoms with E-state index in [0.29, 0.717) is 49.2 Å². The molecule has 1 aromatic rings. The summed E-state index contributed by atoms with van der Waals surface area (Å²) in [5, 5.41) is 0.310. The number of benzene rings is 1. The van der Waals surface area contributed by atoms with Crippen molar-refractivity contribution in [1.82, 2.24) is 4.31 Å². The third-order valence-corrected chi connectivity index (χ3v) is 5.45. The molecule has 1 aliphatic rings. The summed E-state index contributed by atoms with van der Waals surface area (Å²) in [4.78, 5) is 0.229. The second-order valence-corrected chi connectivity index (χ2v) is 6.81. The highest BCUT2D eigenvalue weighted by Gasteiger charge is 2.28. The number of hydrogen-bond acceptors (Lipinski definition) is 4. The van der Waals surface area contributed by atoms with E-state index >= 15 is 0 Å². The van der Waals surface area contributed by atoms with Gasteiger partial charge in [0.25, 0.3) is 0 Å². The van der Waals surface area contributed by atoms with Crippen LogP contribution in [-0.2, 0) is 14.8 Å². The van der Waals surface area contributed by atoms with Gasteiger partial charge in [0.1, 0.15) is 5.75 Å². The molecule has 2 rings (SSSR count). The quantitative estimate of drug-likeness (QED) is 0.852. The molecule has 0 amide bonds. The van der Waals surface area contributed by atoms with Gasteiger partial charge in [-0.05, 0) is 31.5 Å². The van der Waals surface area contributed by atoms with Gasteiger partial charge in [0, 0.05) is 13.1 Å². The number of morpholine rings is 1. The fourth-order valence-corrected chi connectivity index (χ4v) is 4.03. The van der Waals surface area contributed by atoms with Gasteiger partial charge in [-0.1, -0.05) is 11.6 Å². The highest BCUT2D eigenvalue weighted by atomic mass is 35.5. The fourth-order valence-electron chi connectivity index (χ4n) is 2.11. The van der Waals surface area contributed by atoms with E-state index < -0.39 is 10.0 Å². The predicted octanol–water partition coefficient (Wildman–Crippen LogP) is 2.07. The molecule has 1 fully saturated rings. The second-order valence-electron chi connectivity index (χ2n) is 4.50. The molecule has 1 aromatic carbocycles. The highest BCUT2D eigenvalue weighted by Crippen LogP contribution is 2.32. The van der Waals surface area contributed by atoms with Gasteiger partial charge in [-0.25, -0.2) is 8.42 Å². The van der Waals surface area contributed by atoms with Crippen molar-refractivity contribution < 1.29 is 17.9 Å². The minimum absolute atomic E-state index is 0.229. The number of halogens is 1. The molecule has 20 heavy (non-hydrogen) atoms. The van der Waals surface area contributed by atoms with E-state index in [0.717, 1.165) is 0 Å². The van der Waals surface area contributed by atoms with E-state index in [2.05, 4.69) is 0 Å². The maximum Gasteiger partial charge on any atom is 0.243 e. The van der Waals surface area contributed by atoms with Crippen LogP contribution in [0.15, 0.2) is 17.0 Å². The van der Waals surface area contributed by atoms with Crippen molar-refractivity contribution in [3.05, 3.63) is 22.7 Å². The average Bonchev–Trinajstić information content (AvgIpc) is 2.43. The summed E-state index contributed by atoms with van der Waals surface area (Å²) < 4.78 is 37.2.